The number of nitrogens with zero attached hydrogens (tertiary/aromatic N) is 1. The van der Waals surface area contributed by atoms with Crippen LogP contribution >= 0.6 is 0 Å². The smallest absolute Gasteiger partial charge is 0.0399 e. The Hall–Kier alpha value is -1.02. The van der Waals surface area contributed by atoms with Gasteiger partial charge in [0.15, 0.2) is 0 Å². The van der Waals surface area contributed by atoms with E-state index in [2.05, 4.69) is 41.4 Å². The van der Waals surface area contributed by atoms with Crippen LogP contribution in [0, 0.1) is 5.92 Å². The summed E-state index contributed by atoms with van der Waals surface area (Å²) in [5, 5.41) is 3.77. The van der Waals surface area contributed by atoms with Gasteiger partial charge < -0.3 is 10.2 Å². The topological polar surface area (TPSA) is 15.3 Å². The summed E-state index contributed by atoms with van der Waals surface area (Å²) in [4.78, 5) is 2.56. The van der Waals surface area contributed by atoms with Gasteiger partial charge >= 0.3 is 0 Å². The van der Waals surface area contributed by atoms with Crippen molar-refractivity contribution in [1.29, 1.82) is 0 Å². The van der Waals surface area contributed by atoms with Gasteiger partial charge in [-0.15, -0.1) is 0 Å². The largest absolute Gasteiger partial charge is 0.371 e. The van der Waals surface area contributed by atoms with Crippen LogP contribution in [0.25, 0.3) is 0 Å². The van der Waals surface area contributed by atoms with Gasteiger partial charge in [0.2, 0.25) is 0 Å². The van der Waals surface area contributed by atoms with E-state index in [4.69, 9.17) is 0 Å². The maximum atomic E-state index is 3.77. The van der Waals surface area contributed by atoms with Crippen molar-refractivity contribution in [2.75, 3.05) is 24.5 Å². The van der Waals surface area contributed by atoms with Crippen LogP contribution in [0.4, 0.5) is 5.69 Å². The molecule has 1 fully saturated rings. The molecule has 2 heteroatoms. The van der Waals surface area contributed by atoms with Crippen molar-refractivity contribution in [2.45, 2.75) is 51.5 Å². The zero-order valence-corrected chi connectivity index (χ0v) is 12.8. The van der Waals surface area contributed by atoms with Gasteiger partial charge in [-0.1, -0.05) is 38.0 Å². The predicted octanol–water partition coefficient (Wildman–Crippen LogP) is 3.61. The minimum Gasteiger partial charge on any atom is -0.371 e. The lowest BCUT2D eigenvalue weighted by atomic mass is 9.87. The Morgan fingerprint density at radius 1 is 1.25 bits per heavy atom. The monoisotopic (exact) mass is 272 g/mol. The third-order valence-electron chi connectivity index (χ3n) is 4.96. The Kier molecular flexibility index (Phi) is 4.62. The van der Waals surface area contributed by atoms with Crippen LogP contribution in [0.2, 0.25) is 0 Å². The zero-order valence-electron chi connectivity index (χ0n) is 12.8. The standard InChI is InChI=1S/C18H28N2/c1-15-6-4-8-17(14-15)19-11-5-12-20-13-10-16-7-2-3-9-18(16)20/h2-3,7,9,15,17,19H,4-6,8,10-14H2,1H3. The molecule has 0 bridgehead atoms. The number of anilines is 1. The highest BCUT2D eigenvalue weighted by Gasteiger charge is 2.19. The summed E-state index contributed by atoms with van der Waals surface area (Å²) in [6.07, 6.45) is 8.10. The summed E-state index contributed by atoms with van der Waals surface area (Å²) in [6.45, 7) is 5.98. The van der Waals surface area contributed by atoms with Crippen LogP contribution in [-0.2, 0) is 6.42 Å². The molecule has 1 aliphatic carbocycles. The lowest BCUT2D eigenvalue weighted by molar-refractivity contribution is 0.301. The molecule has 0 amide bonds. The molecule has 0 radical (unpaired) electrons. The quantitative estimate of drug-likeness (QED) is 0.824. The number of benzene rings is 1. The molecule has 1 aliphatic heterocycles. The van der Waals surface area contributed by atoms with Crippen molar-refractivity contribution in [1.82, 2.24) is 5.32 Å². The first-order chi connectivity index (χ1) is 9.83. The summed E-state index contributed by atoms with van der Waals surface area (Å²) >= 11 is 0. The number of para-hydroxylation sites is 1. The second-order valence-electron chi connectivity index (χ2n) is 6.64. The number of hydrogen-bond donors (Lipinski definition) is 1. The van der Waals surface area contributed by atoms with Crippen molar-refractivity contribution < 1.29 is 0 Å². The third kappa shape index (κ3) is 3.35. The normalized spacial score (nSPS) is 25.8. The Morgan fingerprint density at radius 3 is 3.05 bits per heavy atom. The van der Waals surface area contributed by atoms with Crippen molar-refractivity contribution in [3.63, 3.8) is 0 Å². The van der Waals surface area contributed by atoms with Crippen LogP contribution in [0.3, 0.4) is 0 Å². The summed E-state index contributed by atoms with van der Waals surface area (Å²) < 4.78 is 0. The predicted molar refractivity (Wildman–Crippen MR) is 86.4 cm³/mol. The van der Waals surface area contributed by atoms with E-state index < -0.39 is 0 Å². The van der Waals surface area contributed by atoms with E-state index >= 15 is 0 Å². The average Bonchev–Trinajstić information content (AvgIpc) is 2.87. The fraction of sp³-hybridized carbons (Fsp3) is 0.667. The Bertz CT molecular complexity index is 429. The number of hydrogen-bond acceptors (Lipinski definition) is 2. The Labute approximate surface area is 123 Å². The molecular formula is C18H28N2. The van der Waals surface area contributed by atoms with Gasteiger partial charge in [-0.25, -0.2) is 0 Å². The van der Waals surface area contributed by atoms with E-state index in [0.717, 1.165) is 12.0 Å². The van der Waals surface area contributed by atoms with Crippen LogP contribution in [-0.4, -0.2) is 25.7 Å². The third-order valence-corrected chi connectivity index (χ3v) is 4.96. The van der Waals surface area contributed by atoms with Crippen molar-refractivity contribution in [3.8, 4) is 0 Å². The fourth-order valence-electron chi connectivity index (χ4n) is 3.83. The van der Waals surface area contributed by atoms with E-state index in [1.807, 2.05) is 0 Å². The van der Waals surface area contributed by atoms with Crippen LogP contribution in [0.15, 0.2) is 24.3 Å². The van der Waals surface area contributed by atoms with Crippen LogP contribution in [0.5, 0.6) is 0 Å². The lowest BCUT2D eigenvalue weighted by Crippen LogP contribution is -2.35. The first-order valence-electron chi connectivity index (χ1n) is 8.39. The molecule has 3 rings (SSSR count). The molecule has 1 heterocycles. The molecule has 1 aromatic rings. The van der Waals surface area contributed by atoms with E-state index in [-0.39, 0.29) is 0 Å². The molecular weight excluding hydrogens is 244 g/mol. The van der Waals surface area contributed by atoms with E-state index in [1.54, 1.807) is 0 Å². The van der Waals surface area contributed by atoms with Crippen molar-refractivity contribution in [2.24, 2.45) is 5.92 Å². The summed E-state index contributed by atoms with van der Waals surface area (Å²) in [5.41, 5.74) is 3.00. The van der Waals surface area contributed by atoms with Crippen molar-refractivity contribution >= 4 is 5.69 Å². The highest BCUT2D eigenvalue weighted by atomic mass is 15.1. The highest BCUT2D eigenvalue weighted by molar-refractivity contribution is 5.57. The Morgan fingerprint density at radius 2 is 2.15 bits per heavy atom. The molecule has 110 valence electrons. The van der Waals surface area contributed by atoms with Gasteiger partial charge in [-0.2, -0.15) is 0 Å². The first-order valence-corrected chi connectivity index (χ1v) is 8.39. The molecule has 1 aromatic carbocycles. The van der Waals surface area contributed by atoms with E-state index in [9.17, 15) is 0 Å². The summed E-state index contributed by atoms with van der Waals surface area (Å²) in [7, 11) is 0. The van der Waals surface area contributed by atoms with Gasteiger partial charge in [0.25, 0.3) is 0 Å². The zero-order chi connectivity index (χ0) is 13.8. The van der Waals surface area contributed by atoms with Gasteiger partial charge in [-0.05, 0) is 49.8 Å². The molecule has 0 saturated heterocycles. The second-order valence-corrected chi connectivity index (χ2v) is 6.64. The molecule has 1 N–H and O–H groups in total. The van der Waals surface area contributed by atoms with Gasteiger partial charge in [-0.3, -0.25) is 0 Å². The summed E-state index contributed by atoms with van der Waals surface area (Å²) in [5.74, 6) is 0.923. The van der Waals surface area contributed by atoms with Crippen LogP contribution < -0.4 is 10.2 Å². The first kappa shape index (κ1) is 13.9. The van der Waals surface area contributed by atoms with Crippen molar-refractivity contribution in [3.05, 3.63) is 29.8 Å². The second kappa shape index (κ2) is 6.62. The molecule has 2 nitrogen and oxygen atoms in total. The molecule has 0 aromatic heterocycles. The number of nitrogens with one attached hydrogen (secondary N) is 1. The average molecular weight is 272 g/mol. The minimum absolute atomic E-state index is 0.782. The van der Waals surface area contributed by atoms with Gasteiger partial charge in [0.05, 0.1) is 0 Å². The molecule has 2 unspecified atom stereocenters. The maximum Gasteiger partial charge on any atom is 0.0399 e. The molecule has 0 spiro atoms. The molecule has 1 saturated carbocycles. The highest BCUT2D eigenvalue weighted by Crippen LogP contribution is 2.27. The fourth-order valence-corrected chi connectivity index (χ4v) is 3.83. The number of rotatable bonds is 5. The molecule has 2 aliphatic rings. The molecule has 2 atom stereocenters. The lowest BCUT2D eigenvalue weighted by Gasteiger charge is -2.28. The van der Waals surface area contributed by atoms with E-state index in [1.165, 1.54) is 69.4 Å². The minimum atomic E-state index is 0.782. The molecule has 20 heavy (non-hydrogen) atoms. The van der Waals surface area contributed by atoms with Gasteiger partial charge in [0.1, 0.15) is 0 Å². The van der Waals surface area contributed by atoms with Crippen LogP contribution in [0.1, 0.15) is 44.6 Å². The Balaban J connectivity index is 1.38. The van der Waals surface area contributed by atoms with Gasteiger partial charge in [0, 0.05) is 24.8 Å². The SMILES string of the molecule is CC1CCCC(NCCCN2CCc3ccccc32)C1. The maximum absolute atomic E-state index is 3.77. The number of fused-ring (bicyclic) bond motifs is 1. The summed E-state index contributed by atoms with van der Waals surface area (Å²) in [6, 6.07) is 9.66. The van der Waals surface area contributed by atoms with E-state index in [0.29, 0.717) is 0 Å².